The van der Waals surface area contributed by atoms with Gasteiger partial charge in [0.05, 0.1) is 5.92 Å². The molecule has 2 saturated heterocycles. The van der Waals surface area contributed by atoms with Gasteiger partial charge in [0.1, 0.15) is 0 Å². The van der Waals surface area contributed by atoms with Crippen LogP contribution in [0.2, 0.25) is 0 Å². The first-order valence-electron chi connectivity index (χ1n) is 10.00. The second-order valence-corrected chi connectivity index (χ2v) is 7.63. The number of carbonyl (C=O) groups excluding carboxylic acids is 3. The van der Waals surface area contributed by atoms with E-state index in [9.17, 15) is 14.4 Å². The Morgan fingerprint density at radius 1 is 0.967 bits per heavy atom. The fraction of sp³-hybridized carbons (Fsp3) is 0.318. The van der Waals surface area contributed by atoms with Crippen LogP contribution in [0.4, 0.5) is 17.1 Å². The van der Waals surface area contributed by atoms with E-state index in [2.05, 4.69) is 5.32 Å². The van der Waals surface area contributed by atoms with Crippen LogP contribution in [-0.4, -0.2) is 37.6 Å². The Bertz CT molecular complexity index is 1040. The van der Waals surface area contributed by atoms with Crippen LogP contribution in [0.1, 0.15) is 19.3 Å². The predicted octanol–water partition coefficient (Wildman–Crippen LogP) is 2.53. The van der Waals surface area contributed by atoms with Crippen molar-refractivity contribution < 1.29 is 23.9 Å². The topological polar surface area (TPSA) is 88.2 Å². The van der Waals surface area contributed by atoms with Crippen molar-refractivity contribution in [3.63, 3.8) is 0 Å². The van der Waals surface area contributed by atoms with Crippen molar-refractivity contribution in [3.8, 4) is 11.5 Å². The van der Waals surface area contributed by atoms with Gasteiger partial charge in [-0.2, -0.15) is 0 Å². The van der Waals surface area contributed by atoms with Crippen LogP contribution in [0.15, 0.2) is 42.5 Å². The monoisotopic (exact) mass is 407 g/mol. The zero-order chi connectivity index (χ0) is 20.7. The van der Waals surface area contributed by atoms with E-state index < -0.39 is 5.92 Å². The maximum Gasteiger partial charge on any atom is 0.231 e. The number of nitrogens with zero attached hydrogens (tertiary/aromatic N) is 2. The molecule has 3 heterocycles. The Labute approximate surface area is 173 Å². The number of ether oxygens (including phenoxy) is 2. The summed E-state index contributed by atoms with van der Waals surface area (Å²) in [6.07, 6.45) is 1.54. The zero-order valence-electron chi connectivity index (χ0n) is 16.3. The van der Waals surface area contributed by atoms with E-state index in [4.69, 9.17) is 9.47 Å². The number of benzene rings is 2. The lowest BCUT2D eigenvalue weighted by atomic mass is 10.1. The van der Waals surface area contributed by atoms with Gasteiger partial charge < -0.3 is 24.6 Å². The van der Waals surface area contributed by atoms with Crippen molar-refractivity contribution in [1.29, 1.82) is 0 Å². The van der Waals surface area contributed by atoms with Gasteiger partial charge in [0.25, 0.3) is 0 Å². The van der Waals surface area contributed by atoms with E-state index in [1.165, 1.54) is 0 Å². The summed E-state index contributed by atoms with van der Waals surface area (Å²) < 4.78 is 10.7. The molecular weight excluding hydrogens is 386 g/mol. The van der Waals surface area contributed by atoms with Gasteiger partial charge in [-0.1, -0.05) is 6.07 Å². The first-order chi connectivity index (χ1) is 14.6. The Morgan fingerprint density at radius 2 is 1.80 bits per heavy atom. The molecule has 0 spiro atoms. The zero-order valence-corrected chi connectivity index (χ0v) is 16.3. The van der Waals surface area contributed by atoms with Crippen LogP contribution in [-0.2, 0) is 14.4 Å². The van der Waals surface area contributed by atoms with Crippen molar-refractivity contribution >= 4 is 34.8 Å². The smallest absolute Gasteiger partial charge is 0.231 e. The summed E-state index contributed by atoms with van der Waals surface area (Å²) in [5, 5.41) is 2.90. The second-order valence-electron chi connectivity index (χ2n) is 7.63. The molecule has 30 heavy (non-hydrogen) atoms. The molecule has 5 rings (SSSR count). The van der Waals surface area contributed by atoms with Gasteiger partial charge >= 0.3 is 0 Å². The Morgan fingerprint density at radius 3 is 2.63 bits per heavy atom. The number of rotatable bonds is 4. The van der Waals surface area contributed by atoms with Crippen LogP contribution in [0.5, 0.6) is 11.5 Å². The highest BCUT2D eigenvalue weighted by Crippen LogP contribution is 2.37. The van der Waals surface area contributed by atoms with Crippen LogP contribution in [0.25, 0.3) is 0 Å². The molecule has 0 saturated carbocycles. The number of amides is 3. The lowest BCUT2D eigenvalue weighted by Gasteiger charge is -2.18. The number of hydrogen-bond acceptors (Lipinski definition) is 5. The Balaban J connectivity index is 1.27. The van der Waals surface area contributed by atoms with Gasteiger partial charge in [0.2, 0.25) is 24.5 Å². The number of fused-ring (bicyclic) bond motifs is 1. The van der Waals surface area contributed by atoms with Crippen molar-refractivity contribution in [3.05, 3.63) is 42.5 Å². The standard InChI is InChI=1S/C22H21N3O5/c26-20-5-2-8-24(20)16-4-1-3-15(10-16)23-22(28)14-9-21(27)25(12-14)17-6-7-18-19(11-17)30-13-29-18/h1,3-4,6-7,10-11,14H,2,5,8-9,12-13H2,(H,23,28). The van der Waals surface area contributed by atoms with Gasteiger partial charge in [0, 0.05) is 49.1 Å². The van der Waals surface area contributed by atoms with Gasteiger partial charge in [-0.25, -0.2) is 0 Å². The number of carbonyl (C=O) groups is 3. The summed E-state index contributed by atoms with van der Waals surface area (Å²) in [4.78, 5) is 40.7. The minimum absolute atomic E-state index is 0.0965. The number of nitrogens with one attached hydrogen (secondary N) is 1. The molecule has 3 amide bonds. The molecule has 1 unspecified atom stereocenters. The first kappa shape index (κ1) is 18.5. The summed E-state index contributed by atoms with van der Waals surface area (Å²) in [6.45, 7) is 1.16. The molecule has 0 radical (unpaired) electrons. The molecule has 2 aromatic carbocycles. The van der Waals surface area contributed by atoms with Crippen LogP contribution < -0.4 is 24.6 Å². The highest BCUT2D eigenvalue weighted by atomic mass is 16.7. The Hall–Kier alpha value is -3.55. The molecule has 8 heteroatoms. The van der Waals surface area contributed by atoms with E-state index >= 15 is 0 Å². The van der Waals surface area contributed by atoms with Crippen molar-refractivity contribution in [2.24, 2.45) is 5.92 Å². The first-order valence-corrected chi connectivity index (χ1v) is 10.00. The average molecular weight is 407 g/mol. The summed E-state index contributed by atoms with van der Waals surface area (Å²) in [5.41, 5.74) is 2.08. The lowest BCUT2D eigenvalue weighted by molar-refractivity contribution is -0.122. The second kappa shape index (κ2) is 7.37. The molecular formula is C22H21N3O5. The summed E-state index contributed by atoms with van der Waals surface area (Å²) in [6, 6.07) is 12.6. The van der Waals surface area contributed by atoms with Crippen molar-refractivity contribution in [1.82, 2.24) is 0 Å². The molecule has 0 bridgehead atoms. The normalized spacial score (nSPS) is 20.2. The summed E-state index contributed by atoms with van der Waals surface area (Å²) in [7, 11) is 0. The summed E-state index contributed by atoms with van der Waals surface area (Å²) in [5.74, 6) is 0.568. The molecule has 3 aliphatic rings. The SMILES string of the molecule is O=C(Nc1cccc(N2CCCC2=O)c1)C1CC(=O)N(c2ccc3c(c2)OCO3)C1. The minimum atomic E-state index is -0.458. The van der Waals surface area contributed by atoms with E-state index in [0.29, 0.717) is 42.4 Å². The fourth-order valence-electron chi connectivity index (χ4n) is 4.10. The lowest BCUT2D eigenvalue weighted by Crippen LogP contribution is -2.28. The van der Waals surface area contributed by atoms with E-state index in [1.807, 2.05) is 12.1 Å². The largest absolute Gasteiger partial charge is 0.454 e. The Kier molecular flexibility index (Phi) is 4.54. The highest BCUT2D eigenvalue weighted by Gasteiger charge is 2.36. The van der Waals surface area contributed by atoms with Gasteiger partial charge in [-0.05, 0) is 36.8 Å². The molecule has 3 aliphatic heterocycles. The third-order valence-electron chi connectivity index (χ3n) is 5.66. The summed E-state index contributed by atoms with van der Waals surface area (Å²) >= 11 is 0. The fourth-order valence-corrected chi connectivity index (χ4v) is 4.10. The van der Waals surface area contributed by atoms with Gasteiger partial charge in [-0.3, -0.25) is 14.4 Å². The maximum absolute atomic E-state index is 12.8. The van der Waals surface area contributed by atoms with Crippen LogP contribution in [0.3, 0.4) is 0 Å². The average Bonchev–Trinajstić information content (AvgIpc) is 3.47. The number of anilines is 3. The van der Waals surface area contributed by atoms with Crippen LogP contribution >= 0.6 is 0 Å². The third kappa shape index (κ3) is 3.34. The molecule has 154 valence electrons. The maximum atomic E-state index is 12.8. The minimum Gasteiger partial charge on any atom is -0.454 e. The quantitative estimate of drug-likeness (QED) is 0.842. The van der Waals surface area contributed by atoms with Crippen molar-refractivity contribution in [2.45, 2.75) is 19.3 Å². The third-order valence-corrected chi connectivity index (χ3v) is 5.66. The molecule has 0 aromatic heterocycles. The molecule has 2 fully saturated rings. The van der Waals surface area contributed by atoms with E-state index in [1.54, 1.807) is 40.1 Å². The molecule has 1 atom stereocenters. The molecule has 0 aliphatic carbocycles. The van der Waals surface area contributed by atoms with Gasteiger partial charge in [0.15, 0.2) is 11.5 Å². The predicted molar refractivity (Wildman–Crippen MR) is 110 cm³/mol. The van der Waals surface area contributed by atoms with E-state index in [0.717, 1.165) is 12.1 Å². The molecule has 1 N–H and O–H groups in total. The molecule has 8 nitrogen and oxygen atoms in total. The van der Waals surface area contributed by atoms with Crippen LogP contribution in [0, 0.1) is 5.92 Å². The highest BCUT2D eigenvalue weighted by molar-refractivity contribution is 6.04. The van der Waals surface area contributed by atoms with Gasteiger partial charge in [-0.15, -0.1) is 0 Å². The van der Waals surface area contributed by atoms with E-state index in [-0.39, 0.29) is 30.9 Å². The number of hydrogen-bond donors (Lipinski definition) is 1. The molecule has 2 aromatic rings. The van der Waals surface area contributed by atoms with Crippen molar-refractivity contribution in [2.75, 3.05) is 35.0 Å².